The van der Waals surface area contributed by atoms with Crippen LogP contribution < -0.4 is 0 Å². The Balaban J connectivity index is 1.58. The van der Waals surface area contributed by atoms with Gasteiger partial charge in [-0.15, -0.1) is 0 Å². The van der Waals surface area contributed by atoms with E-state index in [1.54, 1.807) is 0 Å². The quantitative estimate of drug-likeness (QED) is 0.802. The highest BCUT2D eigenvalue weighted by atomic mass is 15.2. The summed E-state index contributed by atoms with van der Waals surface area (Å²) in [6.45, 7) is 7.48. The Bertz CT molecular complexity index is 796. The smallest absolute Gasteiger partial charge is 0.0951 e. The van der Waals surface area contributed by atoms with Gasteiger partial charge in [-0.05, 0) is 31.9 Å². The summed E-state index contributed by atoms with van der Waals surface area (Å²) in [6, 6.07) is 9.10. The highest BCUT2D eigenvalue weighted by Gasteiger charge is 2.21. The predicted molar refractivity (Wildman–Crippen MR) is 88.7 cm³/mol. The fraction of sp³-hybridized carbons (Fsp3) is 0.389. The number of imidazole rings is 1. The number of benzene rings is 1. The molecule has 0 unspecified atom stereocenters. The number of hydrogen-bond acceptors (Lipinski definition) is 2. The van der Waals surface area contributed by atoms with Gasteiger partial charge in [0.2, 0.25) is 0 Å². The second-order valence-corrected chi connectivity index (χ2v) is 6.47. The lowest BCUT2D eigenvalue weighted by Crippen LogP contribution is -2.30. The standard InChI is InChI=1S/C18H22N4/c1-13(2)22-12-19-9-14(22)10-21-8-7-16-15-5-3-4-6-17(15)20-18(16)11-21/h3-6,9,12-13,20H,7-8,10-11H2,1-2H3. The van der Waals surface area contributed by atoms with Gasteiger partial charge in [0.25, 0.3) is 0 Å². The number of para-hydroxylation sites is 1. The fourth-order valence-electron chi connectivity index (χ4n) is 3.53. The van der Waals surface area contributed by atoms with Crippen molar-refractivity contribution in [2.24, 2.45) is 0 Å². The van der Waals surface area contributed by atoms with Crippen molar-refractivity contribution in [3.05, 3.63) is 53.7 Å². The summed E-state index contributed by atoms with van der Waals surface area (Å²) in [5.41, 5.74) is 5.45. The molecule has 1 aromatic carbocycles. The van der Waals surface area contributed by atoms with Crippen LogP contribution in [0.3, 0.4) is 0 Å². The lowest BCUT2D eigenvalue weighted by molar-refractivity contribution is 0.236. The van der Waals surface area contributed by atoms with Crippen LogP contribution in [-0.4, -0.2) is 26.0 Å². The van der Waals surface area contributed by atoms with Gasteiger partial charge in [0.05, 0.1) is 12.0 Å². The van der Waals surface area contributed by atoms with Crippen LogP contribution in [0.15, 0.2) is 36.8 Å². The molecule has 0 atom stereocenters. The maximum absolute atomic E-state index is 4.32. The van der Waals surface area contributed by atoms with E-state index in [1.807, 2.05) is 12.5 Å². The molecular formula is C18H22N4. The highest BCUT2D eigenvalue weighted by Crippen LogP contribution is 2.28. The van der Waals surface area contributed by atoms with Gasteiger partial charge >= 0.3 is 0 Å². The van der Waals surface area contributed by atoms with Crippen LogP contribution >= 0.6 is 0 Å². The molecular weight excluding hydrogens is 272 g/mol. The Morgan fingerprint density at radius 1 is 1.27 bits per heavy atom. The maximum Gasteiger partial charge on any atom is 0.0951 e. The summed E-state index contributed by atoms with van der Waals surface area (Å²) in [5, 5.41) is 1.39. The molecule has 0 fully saturated rings. The first kappa shape index (κ1) is 13.6. The molecule has 1 N–H and O–H groups in total. The lowest BCUT2D eigenvalue weighted by atomic mass is 10.0. The largest absolute Gasteiger partial charge is 0.357 e. The fourth-order valence-corrected chi connectivity index (χ4v) is 3.53. The molecule has 0 saturated carbocycles. The molecule has 0 bridgehead atoms. The Labute approximate surface area is 130 Å². The van der Waals surface area contributed by atoms with Crippen LogP contribution in [-0.2, 0) is 19.5 Å². The molecule has 114 valence electrons. The molecule has 22 heavy (non-hydrogen) atoms. The number of nitrogens with zero attached hydrogens (tertiary/aromatic N) is 3. The van der Waals surface area contributed by atoms with Crippen molar-refractivity contribution < 1.29 is 0 Å². The Morgan fingerprint density at radius 3 is 3.00 bits per heavy atom. The number of rotatable bonds is 3. The van der Waals surface area contributed by atoms with Crippen LogP contribution in [0.2, 0.25) is 0 Å². The minimum Gasteiger partial charge on any atom is -0.357 e. The highest BCUT2D eigenvalue weighted by molar-refractivity contribution is 5.84. The lowest BCUT2D eigenvalue weighted by Gasteiger charge is -2.27. The van der Waals surface area contributed by atoms with Gasteiger partial charge < -0.3 is 9.55 Å². The van der Waals surface area contributed by atoms with E-state index in [1.165, 1.54) is 27.9 Å². The van der Waals surface area contributed by atoms with Crippen molar-refractivity contribution in [3.63, 3.8) is 0 Å². The molecule has 0 aliphatic carbocycles. The Kier molecular flexibility index (Phi) is 3.26. The summed E-state index contributed by atoms with van der Waals surface area (Å²) in [7, 11) is 0. The van der Waals surface area contributed by atoms with Crippen LogP contribution in [0.1, 0.15) is 36.8 Å². The van der Waals surface area contributed by atoms with Crippen molar-refractivity contribution in [1.82, 2.24) is 19.4 Å². The average Bonchev–Trinajstić information content (AvgIpc) is 3.10. The van der Waals surface area contributed by atoms with E-state index < -0.39 is 0 Å². The van der Waals surface area contributed by atoms with E-state index in [0.29, 0.717) is 6.04 Å². The summed E-state index contributed by atoms with van der Waals surface area (Å²) < 4.78 is 2.26. The van der Waals surface area contributed by atoms with Crippen molar-refractivity contribution in [1.29, 1.82) is 0 Å². The number of hydrogen-bond donors (Lipinski definition) is 1. The summed E-state index contributed by atoms with van der Waals surface area (Å²) >= 11 is 0. The van der Waals surface area contributed by atoms with Crippen LogP contribution in [0.4, 0.5) is 0 Å². The number of aromatic amines is 1. The number of nitrogens with one attached hydrogen (secondary N) is 1. The summed E-state index contributed by atoms with van der Waals surface area (Å²) in [6.07, 6.45) is 5.06. The molecule has 0 spiro atoms. The Morgan fingerprint density at radius 2 is 2.14 bits per heavy atom. The SMILES string of the molecule is CC(C)n1cncc1CN1CCc2c([nH]c3ccccc23)C1. The van der Waals surface area contributed by atoms with Crippen molar-refractivity contribution in [3.8, 4) is 0 Å². The molecule has 2 aromatic heterocycles. The first-order valence-electron chi connectivity index (χ1n) is 8.04. The van der Waals surface area contributed by atoms with E-state index in [4.69, 9.17) is 0 Å². The number of aromatic nitrogens is 3. The molecule has 4 heteroatoms. The first-order valence-corrected chi connectivity index (χ1v) is 8.04. The molecule has 1 aliphatic rings. The third kappa shape index (κ3) is 2.24. The number of fused-ring (bicyclic) bond motifs is 3. The predicted octanol–water partition coefficient (Wildman–Crippen LogP) is 3.50. The van der Waals surface area contributed by atoms with Crippen LogP contribution in [0, 0.1) is 0 Å². The molecule has 4 nitrogen and oxygen atoms in total. The van der Waals surface area contributed by atoms with Gasteiger partial charge in [-0.3, -0.25) is 4.90 Å². The second-order valence-electron chi connectivity index (χ2n) is 6.47. The Hall–Kier alpha value is -2.07. The maximum atomic E-state index is 4.32. The molecule has 3 aromatic rings. The van der Waals surface area contributed by atoms with Gasteiger partial charge in [0, 0.05) is 48.5 Å². The van der Waals surface area contributed by atoms with Gasteiger partial charge in [0.15, 0.2) is 0 Å². The molecule has 4 rings (SSSR count). The van der Waals surface area contributed by atoms with Gasteiger partial charge in [-0.25, -0.2) is 4.98 Å². The van der Waals surface area contributed by atoms with Crippen LogP contribution in [0.5, 0.6) is 0 Å². The van der Waals surface area contributed by atoms with Crippen LogP contribution in [0.25, 0.3) is 10.9 Å². The zero-order chi connectivity index (χ0) is 15.1. The van der Waals surface area contributed by atoms with E-state index in [0.717, 1.165) is 26.1 Å². The second kappa shape index (κ2) is 5.29. The van der Waals surface area contributed by atoms with Crippen molar-refractivity contribution >= 4 is 10.9 Å². The minimum atomic E-state index is 0.464. The zero-order valence-corrected chi connectivity index (χ0v) is 13.2. The van der Waals surface area contributed by atoms with E-state index in [2.05, 4.69) is 57.5 Å². The summed E-state index contributed by atoms with van der Waals surface area (Å²) in [5.74, 6) is 0. The molecule has 1 aliphatic heterocycles. The molecule has 0 radical (unpaired) electrons. The third-order valence-corrected chi connectivity index (χ3v) is 4.65. The minimum absolute atomic E-state index is 0.464. The van der Waals surface area contributed by atoms with Gasteiger partial charge in [0.1, 0.15) is 0 Å². The van der Waals surface area contributed by atoms with E-state index in [-0.39, 0.29) is 0 Å². The van der Waals surface area contributed by atoms with E-state index in [9.17, 15) is 0 Å². The van der Waals surface area contributed by atoms with Gasteiger partial charge in [-0.1, -0.05) is 18.2 Å². The monoisotopic (exact) mass is 294 g/mol. The topological polar surface area (TPSA) is 36.9 Å². The van der Waals surface area contributed by atoms with Crippen molar-refractivity contribution in [2.45, 2.75) is 39.4 Å². The zero-order valence-electron chi connectivity index (χ0n) is 13.2. The normalized spacial score (nSPS) is 15.6. The third-order valence-electron chi connectivity index (χ3n) is 4.65. The summed E-state index contributed by atoms with van der Waals surface area (Å²) in [4.78, 5) is 10.4. The van der Waals surface area contributed by atoms with E-state index >= 15 is 0 Å². The molecule has 0 saturated heterocycles. The molecule has 0 amide bonds. The first-order chi connectivity index (χ1) is 10.7. The average molecular weight is 294 g/mol. The van der Waals surface area contributed by atoms with Gasteiger partial charge in [-0.2, -0.15) is 0 Å². The van der Waals surface area contributed by atoms with Crippen molar-refractivity contribution in [2.75, 3.05) is 6.54 Å². The number of H-pyrrole nitrogens is 1. The molecule has 3 heterocycles.